The molecule has 0 saturated carbocycles. The van der Waals surface area contributed by atoms with Gasteiger partial charge in [-0.2, -0.15) is 4.31 Å². The van der Waals surface area contributed by atoms with Crippen LogP contribution in [-0.4, -0.2) is 44.9 Å². The number of allylic oxidation sites excluding steroid dienone is 1. The molecule has 1 saturated heterocycles. The maximum absolute atomic E-state index is 14.2. The van der Waals surface area contributed by atoms with Crippen molar-refractivity contribution in [3.63, 3.8) is 0 Å². The zero-order valence-electron chi connectivity index (χ0n) is 20.5. The van der Waals surface area contributed by atoms with E-state index in [1.54, 1.807) is 24.6 Å². The highest BCUT2D eigenvalue weighted by atomic mass is 32.2. The van der Waals surface area contributed by atoms with Crippen molar-refractivity contribution >= 4 is 10.0 Å². The Morgan fingerprint density at radius 3 is 1.97 bits per heavy atom. The molecule has 3 rings (SSSR count). The first-order valence-electron chi connectivity index (χ1n) is 11.8. The predicted octanol–water partition coefficient (Wildman–Crippen LogP) is 5.19. The highest BCUT2D eigenvalue weighted by Crippen LogP contribution is 2.31. The summed E-state index contributed by atoms with van der Waals surface area (Å²) in [6.07, 6.45) is 4.81. The Morgan fingerprint density at radius 1 is 1.03 bits per heavy atom. The molecule has 1 aliphatic heterocycles. The van der Waals surface area contributed by atoms with E-state index in [1.807, 2.05) is 55.5 Å². The summed E-state index contributed by atoms with van der Waals surface area (Å²) in [5.41, 5.74) is 1.82. The Balaban J connectivity index is 1.93. The van der Waals surface area contributed by atoms with Crippen molar-refractivity contribution in [1.29, 1.82) is 0 Å². The molecule has 0 N–H and O–H groups in total. The van der Waals surface area contributed by atoms with Crippen LogP contribution in [0.3, 0.4) is 0 Å². The second kappa shape index (κ2) is 12.4. The number of hydrogen-bond donors (Lipinski definition) is 0. The molecule has 3 atom stereocenters. The van der Waals surface area contributed by atoms with Gasteiger partial charge >= 0.3 is 0 Å². The summed E-state index contributed by atoms with van der Waals surface area (Å²) < 4.78 is 46.3. The summed E-state index contributed by atoms with van der Waals surface area (Å²) in [5, 5.41) is -0.551. The molecule has 0 spiro atoms. The van der Waals surface area contributed by atoms with E-state index in [0.29, 0.717) is 19.4 Å². The third-order valence-corrected chi connectivity index (χ3v) is 8.87. The Bertz CT molecular complexity index is 949. The van der Waals surface area contributed by atoms with Gasteiger partial charge in [-0.05, 0) is 67.0 Å². The van der Waals surface area contributed by atoms with Crippen molar-refractivity contribution in [3.8, 4) is 11.5 Å². The normalized spacial score (nSPS) is 17.9. The molecule has 2 aromatic rings. The molecular weight excluding hydrogens is 450 g/mol. The van der Waals surface area contributed by atoms with E-state index in [-0.39, 0.29) is 25.1 Å². The van der Waals surface area contributed by atoms with Gasteiger partial charge in [-0.3, -0.25) is 0 Å². The first kappa shape index (κ1) is 26.3. The van der Waals surface area contributed by atoms with Gasteiger partial charge in [-0.25, -0.2) is 8.42 Å². The number of rotatable bonds is 13. The zero-order valence-corrected chi connectivity index (χ0v) is 21.3. The maximum atomic E-state index is 14.2. The Labute approximate surface area is 204 Å². The van der Waals surface area contributed by atoms with Gasteiger partial charge in [-0.15, -0.1) is 6.58 Å². The molecule has 0 bridgehead atoms. The lowest BCUT2D eigenvalue weighted by molar-refractivity contribution is 0.0989. The van der Waals surface area contributed by atoms with Gasteiger partial charge in [-0.1, -0.05) is 37.3 Å². The number of nitrogens with zero attached hydrogens (tertiary/aromatic N) is 1. The molecule has 0 aliphatic carbocycles. The predicted molar refractivity (Wildman–Crippen MR) is 136 cm³/mol. The second-order valence-corrected chi connectivity index (χ2v) is 11.1. The fraction of sp³-hybridized carbons (Fsp3) is 0.481. The van der Waals surface area contributed by atoms with E-state index >= 15 is 0 Å². The van der Waals surface area contributed by atoms with Crippen LogP contribution in [0.1, 0.15) is 43.7 Å². The summed E-state index contributed by atoms with van der Waals surface area (Å²) in [6.45, 7) is 7.11. The van der Waals surface area contributed by atoms with Crippen LogP contribution in [0.2, 0.25) is 0 Å². The number of ether oxygens (including phenoxy) is 3. The van der Waals surface area contributed by atoms with E-state index in [2.05, 4.69) is 6.58 Å². The molecular formula is C27H37NO5S. The molecule has 7 heteroatoms. The lowest BCUT2D eigenvalue weighted by atomic mass is 9.98. The molecule has 1 heterocycles. The highest BCUT2D eigenvalue weighted by molar-refractivity contribution is 7.89. The van der Waals surface area contributed by atoms with Crippen molar-refractivity contribution in [2.24, 2.45) is 5.92 Å². The van der Waals surface area contributed by atoms with Crippen LogP contribution in [0.4, 0.5) is 0 Å². The average molecular weight is 488 g/mol. The SMILES string of the molecule is C=CC[C@H](C)[C@@H](C[C@H]1CCCO1)S(=O)(=O)N(Cc1ccc(OC)cc1)Cc1ccc(OC)cc1. The minimum absolute atomic E-state index is 0.0177. The Hall–Kier alpha value is -2.35. The third kappa shape index (κ3) is 6.84. The lowest BCUT2D eigenvalue weighted by Gasteiger charge is -2.32. The van der Waals surface area contributed by atoms with Crippen molar-refractivity contribution < 1.29 is 22.6 Å². The van der Waals surface area contributed by atoms with Gasteiger partial charge in [0.05, 0.1) is 25.6 Å². The van der Waals surface area contributed by atoms with E-state index < -0.39 is 15.3 Å². The lowest BCUT2D eigenvalue weighted by Crippen LogP contribution is -2.42. The summed E-state index contributed by atoms with van der Waals surface area (Å²) in [6, 6.07) is 15.1. The first-order chi connectivity index (χ1) is 16.4. The van der Waals surface area contributed by atoms with Gasteiger partial charge in [0.15, 0.2) is 0 Å². The van der Waals surface area contributed by atoms with E-state index in [0.717, 1.165) is 35.5 Å². The standard InChI is InChI=1S/C27H37NO5S/c1-5-7-21(2)27(18-26-8-6-17-33-26)34(29,30)28(19-22-9-13-24(31-3)14-10-22)20-23-11-15-25(32-4)16-12-23/h5,9-16,21,26-27H,1,6-8,17-20H2,2-4H3/t21-,26+,27+/m0/s1. The number of benzene rings is 2. The Kier molecular flexibility index (Phi) is 9.56. The van der Waals surface area contributed by atoms with Gasteiger partial charge in [0.2, 0.25) is 10.0 Å². The zero-order chi connectivity index (χ0) is 24.6. The monoisotopic (exact) mass is 487 g/mol. The summed E-state index contributed by atoms with van der Waals surface area (Å²) >= 11 is 0. The van der Waals surface area contributed by atoms with Gasteiger partial charge < -0.3 is 14.2 Å². The quantitative estimate of drug-likeness (QED) is 0.364. The van der Waals surface area contributed by atoms with Crippen molar-refractivity contribution in [1.82, 2.24) is 4.31 Å². The molecule has 186 valence electrons. The highest BCUT2D eigenvalue weighted by Gasteiger charge is 2.38. The molecule has 1 aliphatic rings. The van der Waals surface area contributed by atoms with Gasteiger partial charge in [0.1, 0.15) is 11.5 Å². The Morgan fingerprint density at radius 2 is 1.56 bits per heavy atom. The third-order valence-electron chi connectivity index (χ3n) is 6.47. The molecule has 1 fully saturated rings. The second-order valence-electron chi connectivity index (χ2n) is 8.92. The van der Waals surface area contributed by atoms with E-state index in [9.17, 15) is 8.42 Å². The fourth-order valence-electron chi connectivity index (χ4n) is 4.45. The largest absolute Gasteiger partial charge is 0.497 e. The molecule has 2 aromatic carbocycles. The van der Waals surface area contributed by atoms with Crippen LogP contribution < -0.4 is 9.47 Å². The van der Waals surface area contributed by atoms with Crippen molar-refractivity contribution in [2.75, 3.05) is 20.8 Å². The van der Waals surface area contributed by atoms with Crippen LogP contribution in [0, 0.1) is 5.92 Å². The van der Waals surface area contributed by atoms with E-state index in [4.69, 9.17) is 14.2 Å². The van der Waals surface area contributed by atoms with Crippen LogP contribution in [0.25, 0.3) is 0 Å². The minimum atomic E-state index is -3.66. The smallest absolute Gasteiger partial charge is 0.217 e. The first-order valence-corrected chi connectivity index (χ1v) is 13.3. The number of hydrogen-bond acceptors (Lipinski definition) is 5. The van der Waals surface area contributed by atoms with Crippen molar-refractivity contribution in [3.05, 3.63) is 72.3 Å². The molecule has 0 radical (unpaired) electrons. The molecule has 0 aromatic heterocycles. The summed E-state index contributed by atoms with van der Waals surface area (Å²) in [5.74, 6) is 1.41. The number of methoxy groups -OCH3 is 2. The van der Waals surface area contributed by atoms with Crippen LogP contribution >= 0.6 is 0 Å². The van der Waals surface area contributed by atoms with Gasteiger partial charge in [0.25, 0.3) is 0 Å². The fourth-order valence-corrected chi connectivity index (χ4v) is 6.65. The molecule has 0 unspecified atom stereocenters. The summed E-state index contributed by atoms with van der Waals surface area (Å²) in [7, 11) is -0.422. The maximum Gasteiger partial charge on any atom is 0.217 e. The van der Waals surface area contributed by atoms with E-state index in [1.165, 1.54) is 0 Å². The van der Waals surface area contributed by atoms with Crippen LogP contribution in [0.5, 0.6) is 11.5 Å². The number of sulfonamides is 1. The van der Waals surface area contributed by atoms with Crippen molar-refractivity contribution in [2.45, 2.75) is 57.1 Å². The summed E-state index contributed by atoms with van der Waals surface area (Å²) in [4.78, 5) is 0. The molecule has 0 amide bonds. The molecule has 34 heavy (non-hydrogen) atoms. The van der Waals surface area contributed by atoms with Crippen LogP contribution in [-0.2, 0) is 27.8 Å². The van der Waals surface area contributed by atoms with Crippen LogP contribution in [0.15, 0.2) is 61.2 Å². The average Bonchev–Trinajstić information content (AvgIpc) is 3.36. The topological polar surface area (TPSA) is 65.1 Å². The molecule has 6 nitrogen and oxygen atoms in total. The minimum Gasteiger partial charge on any atom is -0.497 e. The van der Waals surface area contributed by atoms with Gasteiger partial charge in [0, 0.05) is 19.7 Å².